The van der Waals surface area contributed by atoms with Crippen LogP contribution in [-0.2, 0) is 11.3 Å². The fraction of sp³-hybridized carbons (Fsp3) is 0.533. The van der Waals surface area contributed by atoms with Gasteiger partial charge in [0.1, 0.15) is 6.61 Å². The van der Waals surface area contributed by atoms with Gasteiger partial charge in [-0.15, -0.1) is 24.0 Å². The third-order valence-electron chi connectivity index (χ3n) is 2.92. The molecule has 0 aliphatic carbocycles. The Morgan fingerprint density at radius 1 is 1.29 bits per heavy atom. The van der Waals surface area contributed by atoms with Gasteiger partial charge >= 0.3 is 6.18 Å². The summed E-state index contributed by atoms with van der Waals surface area (Å²) in [7, 11) is 3.57. The van der Waals surface area contributed by atoms with E-state index in [0.717, 1.165) is 10.0 Å². The summed E-state index contributed by atoms with van der Waals surface area (Å²) in [6.07, 6.45) is -3.80. The van der Waals surface area contributed by atoms with Crippen molar-refractivity contribution in [1.82, 2.24) is 10.2 Å². The van der Waals surface area contributed by atoms with E-state index >= 15 is 0 Å². The molecule has 9 heteroatoms. The minimum atomic E-state index is -4.27. The van der Waals surface area contributed by atoms with Gasteiger partial charge in [-0.1, -0.05) is 28.1 Å². The Bertz CT molecular complexity index is 498. The van der Waals surface area contributed by atoms with E-state index in [1.807, 2.05) is 36.2 Å². The molecule has 0 radical (unpaired) electrons. The topological polar surface area (TPSA) is 36.9 Å². The number of benzene rings is 1. The van der Waals surface area contributed by atoms with Crippen LogP contribution in [0.25, 0.3) is 0 Å². The van der Waals surface area contributed by atoms with E-state index in [2.05, 4.69) is 31.0 Å². The van der Waals surface area contributed by atoms with Crippen LogP contribution in [0.5, 0.6) is 0 Å². The molecule has 0 fully saturated rings. The van der Waals surface area contributed by atoms with Crippen molar-refractivity contribution >= 4 is 45.9 Å². The van der Waals surface area contributed by atoms with Crippen molar-refractivity contribution in [1.29, 1.82) is 0 Å². The maximum absolute atomic E-state index is 11.9. The molecule has 4 nitrogen and oxygen atoms in total. The number of ether oxygens (including phenoxy) is 1. The predicted molar refractivity (Wildman–Crippen MR) is 104 cm³/mol. The molecular formula is C15H22BrF3IN3O. The third kappa shape index (κ3) is 10.3. The molecule has 0 bridgehead atoms. The van der Waals surface area contributed by atoms with Crippen molar-refractivity contribution in [2.75, 3.05) is 33.9 Å². The summed E-state index contributed by atoms with van der Waals surface area (Å²) in [4.78, 5) is 6.10. The highest BCUT2D eigenvalue weighted by molar-refractivity contribution is 14.0. The van der Waals surface area contributed by atoms with Crippen LogP contribution in [0.3, 0.4) is 0 Å². The Kier molecular flexibility index (Phi) is 11.6. The molecule has 0 heterocycles. The van der Waals surface area contributed by atoms with Gasteiger partial charge in [-0.25, -0.2) is 0 Å². The SMILES string of the molecule is CN=C(NCCCOCC(F)(F)F)N(C)Cc1ccc(Br)cc1.I. The molecule has 1 rings (SSSR count). The molecule has 24 heavy (non-hydrogen) atoms. The van der Waals surface area contributed by atoms with Crippen LogP contribution in [0.4, 0.5) is 13.2 Å². The van der Waals surface area contributed by atoms with Crippen LogP contribution in [0.15, 0.2) is 33.7 Å². The average Bonchev–Trinajstić information content (AvgIpc) is 2.47. The molecule has 0 saturated carbocycles. The van der Waals surface area contributed by atoms with E-state index in [-0.39, 0.29) is 30.6 Å². The van der Waals surface area contributed by atoms with Crippen molar-refractivity contribution in [2.45, 2.75) is 19.1 Å². The highest BCUT2D eigenvalue weighted by Gasteiger charge is 2.27. The zero-order chi connectivity index (χ0) is 17.3. The average molecular weight is 524 g/mol. The smallest absolute Gasteiger partial charge is 0.372 e. The van der Waals surface area contributed by atoms with Gasteiger partial charge in [0.25, 0.3) is 0 Å². The lowest BCUT2D eigenvalue weighted by atomic mass is 10.2. The van der Waals surface area contributed by atoms with Crippen LogP contribution >= 0.6 is 39.9 Å². The van der Waals surface area contributed by atoms with Gasteiger partial charge in [-0.05, 0) is 24.1 Å². The fourth-order valence-corrected chi connectivity index (χ4v) is 2.15. The predicted octanol–water partition coefficient (Wildman–Crippen LogP) is 4.04. The maximum Gasteiger partial charge on any atom is 0.411 e. The first-order valence-corrected chi connectivity index (χ1v) is 7.92. The number of hydrogen-bond donors (Lipinski definition) is 1. The number of guanidine groups is 1. The Hall–Kier alpha value is -0.550. The molecular weight excluding hydrogens is 502 g/mol. The fourth-order valence-electron chi connectivity index (χ4n) is 1.89. The van der Waals surface area contributed by atoms with Crippen molar-refractivity contribution in [3.8, 4) is 0 Å². The first-order valence-electron chi connectivity index (χ1n) is 7.12. The van der Waals surface area contributed by atoms with E-state index in [9.17, 15) is 13.2 Å². The lowest BCUT2D eigenvalue weighted by Gasteiger charge is -2.22. The molecule has 0 saturated heterocycles. The van der Waals surface area contributed by atoms with Crippen molar-refractivity contribution < 1.29 is 17.9 Å². The molecule has 1 N–H and O–H groups in total. The minimum absolute atomic E-state index is 0. The highest BCUT2D eigenvalue weighted by atomic mass is 127. The largest absolute Gasteiger partial charge is 0.411 e. The Morgan fingerprint density at radius 3 is 2.46 bits per heavy atom. The van der Waals surface area contributed by atoms with Crippen molar-refractivity contribution in [2.24, 2.45) is 4.99 Å². The van der Waals surface area contributed by atoms with Crippen molar-refractivity contribution in [3.05, 3.63) is 34.3 Å². The Morgan fingerprint density at radius 2 is 1.92 bits per heavy atom. The summed E-state index contributed by atoms with van der Waals surface area (Å²) in [5.74, 6) is 0.684. The number of alkyl halides is 3. The Balaban J connectivity index is 0.00000529. The molecule has 0 aromatic heterocycles. The number of hydrogen-bond acceptors (Lipinski definition) is 2. The van der Waals surface area contributed by atoms with E-state index < -0.39 is 12.8 Å². The Labute approximate surface area is 166 Å². The van der Waals surface area contributed by atoms with E-state index in [0.29, 0.717) is 25.5 Å². The summed E-state index contributed by atoms with van der Waals surface area (Å²) in [5.41, 5.74) is 1.13. The summed E-state index contributed by atoms with van der Waals surface area (Å²) in [6, 6.07) is 7.96. The molecule has 0 spiro atoms. The second-order valence-corrected chi connectivity index (χ2v) is 5.89. The molecule has 1 aromatic carbocycles. The normalized spacial score (nSPS) is 11.8. The summed E-state index contributed by atoms with van der Waals surface area (Å²) >= 11 is 3.39. The molecule has 0 amide bonds. The van der Waals surface area contributed by atoms with Gasteiger partial charge in [0.05, 0.1) is 0 Å². The quantitative estimate of drug-likeness (QED) is 0.254. The second-order valence-electron chi connectivity index (χ2n) is 4.98. The highest BCUT2D eigenvalue weighted by Crippen LogP contribution is 2.14. The third-order valence-corrected chi connectivity index (χ3v) is 3.45. The molecule has 0 unspecified atom stereocenters. The molecule has 138 valence electrons. The van der Waals surface area contributed by atoms with Crippen LogP contribution in [-0.4, -0.2) is 50.9 Å². The number of halogens is 5. The second kappa shape index (κ2) is 11.9. The summed E-state index contributed by atoms with van der Waals surface area (Å²) in [5, 5.41) is 3.10. The minimum Gasteiger partial charge on any atom is -0.372 e. The van der Waals surface area contributed by atoms with Crippen LogP contribution in [0, 0.1) is 0 Å². The van der Waals surface area contributed by atoms with Gasteiger partial charge in [-0.2, -0.15) is 13.2 Å². The zero-order valence-corrected chi connectivity index (χ0v) is 17.5. The van der Waals surface area contributed by atoms with Gasteiger partial charge in [-0.3, -0.25) is 4.99 Å². The summed E-state index contributed by atoms with van der Waals surface area (Å²) < 4.78 is 41.3. The number of nitrogens with one attached hydrogen (secondary N) is 1. The first kappa shape index (κ1) is 23.4. The monoisotopic (exact) mass is 523 g/mol. The van der Waals surface area contributed by atoms with Gasteiger partial charge < -0.3 is 15.0 Å². The zero-order valence-electron chi connectivity index (χ0n) is 13.6. The lowest BCUT2D eigenvalue weighted by Crippen LogP contribution is -2.39. The summed E-state index contributed by atoms with van der Waals surface area (Å²) in [6.45, 7) is 0.0257. The number of nitrogens with zero attached hydrogens (tertiary/aromatic N) is 2. The number of rotatable bonds is 7. The first-order chi connectivity index (χ1) is 10.8. The molecule has 0 atom stereocenters. The van der Waals surface area contributed by atoms with E-state index in [1.165, 1.54) is 0 Å². The van der Waals surface area contributed by atoms with Crippen LogP contribution in [0.2, 0.25) is 0 Å². The lowest BCUT2D eigenvalue weighted by molar-refractivity contribution is -0.173. The van der Waals surface area contributed by atoms with Gasteiger partial charge in [0, 0.05) is 38.3 Å². The molecule has 1 aromatic rings. The molecule has 0 aliphatic heterocycles. The van der Waals surface area contributed by atoms with Crippen molar-refractivity contribution in [3.63, 3.8) is 0 Å². The molecule has 0 aliphatic rings. The van der Waals surface area contributed by atoms with Gasteiger partial charge in [0.15, 0.2) is 5.96 Å². The van der Waals surface area contributed by atoms with Crippen LogP contribution < -0.4 is 5.32 Å². The maximum atomic E-state index is 11.9. The standard InChI is InChI=1S/C15H21BrF3N3O.HI/c1-20-14(21-8-3-9-23-11-15(17,18)19)22(2)10-12-4-6-13(16)7-5-12;/h4-7H,3,8-11H2,1-2H3,(H,20,21);1H. The van der Waals surface area contributed by atoms with Gasteiger partial charge in [0.2, 0.25) is 0 Å². The van der Waals surface area contributed by atoms with E-state index in [1.54, 1.807) is 7.05 Å². The van der Waals surface area contributed by atoms with Crippen LogP contribution in [0.1, 0.15) is 12.0 Å². The number of aliphatic imine (C=N–C) groups is 1. The van der Waals surface area contributed by atoms with E-state index in [4.69, 9.17) is 0 Å².